The van der Waals surface area contributed by atoms with Crippen LogP contribution in [0, 0.1) is 0 Å². The lowest BCUT2D eigenvalue weighted by Gasteiger charge is -2.07. The Bertz CT molecular complexity index is 180. The molecule has 3 nitrogen and oxygen atoms in total. The number of rotatable bonds is 20. The van der Waals surface area contributed by atoms with Crippen LogP contribution in [0.1, 0.15) is 90.9 Å². The van der Waals surface area contributed by atoms with Crippen LogP contribution < -0.4 is 5.32 Å². The Balaban J connectivity index is 2.92. The summed E-state index contributed by atoms with van der Waals surface area (Å²) in [5.41, 5.74) is 0. The largest absolute Gasteiger partial charge is 0.380 e. The third-order valence-corrected chi connectivity index (χ3v) is 4.13. The molecular weight excluding hydrogens is 286 g/mol. The van der Waals surface area contributed by atoms with E-state index < -0.39 is 0 Å². The molecule has 0 amide bonds. The van der Waals surface area contributed by atoms with Crippen molar-refractivity contribution >= 4 is 0 Å². The van der Waals surface area contributed by atoms with E-state index in [1.807, 2.05) is 0 Å². The van der Waals surface area contributed by atoms with Crippen LogP contribution in [-0.2, 0) is 9.47 Å². The minimum Gasteiger partial charge on any atom is -0.380 e. The molecule has 0 aromatic heterocycles. The first-order valence-electron chi connectivity index (χ1n) is 10.3. The topological polar surface area (TPSA) is 30.5 Å². The van der Waals surface area contributed by atoms with E-state index in [-0.39, 0.29) is 0 Å². The maximum absolute atomic E-state index is 5.63. The molecule has 140 valence electrons. The Morgan fingerprint density at radius 2 is 0.870 bits per heavy atom. The molecule has 3 heteroatoms. The second-order valence-corrected chi connectivity index (χ2v) is 6.51. The number of unbranched alkanes of at least 4 members (excludes halogenated alkanes) is 10. The van der Waals surface area contributed by atoms with Gasteiger partial charge in [0.25, 0.3) is 0 Å². The zero-order chi connectivity index (χ0) is 16.8. The summed E-state index contributed by atoms with van der Waals surface area (Å²) in [6.07, 6.45) is 16.0. The first kappa shape index (κ1) is 22.9. The van der Waals surface area contributed by atoms with Crippen molar-refractivity contribution in [3.05, 3.63) is 0 Å². The van der Waals surface area contributed by atoms with Gasteiger partial charge in [-0.25, -0.2) is 0 Å². The van der Waals surface area contributed by atoms with E-state index in [9.17, 15) is 0 Å². The molecular formula is C20H43NO2. The van der Waals surface area contributed by atoms with E-state index in [1.165, 1.54) is 77.0 Å². The standard InChI is InChI=1S/C20H43NO2/c1-3-5-7-9-11-13-17-22-19-15-21-16-20-23-18-14-12-10-8-6-4-2/h21H,3-20H2,1-2H3. The first-order valence-corrected chi connectivity index (χ1v) is 10.3. The van der Waals surface area contributed by atoms with Gasteiger partial charge >= 0.3 is 0 Å². The Morgan fingerprint density at radius 1 is 0.478 bits per heavy atom. The molecule has 0 aromatic rings. The Kier molecular flexibility index (Phi) is 21.8. The lowest BCUT2D eigenvalue weighted by Crippen LogP contribution is -2.24. The Morgan fingerprint density at radius 3 is 1.30 bits per heavy atom. The summed E-state index contributed by atoms with van der Waals surface area (Å²) in [6, 6.07) is 0. The van der Waals surface area contributed by atoms with Crippen LogP contribution in [0.2, 0.25) is 0 Å². The quantitative estimate of drug-likeness (QED) is 0.306. The Hall–Kier alpha value is -0.120. The van der Waals surface area contributed by atoms with Gasteiger partial charge in [-0.15, -0.1) is 0 Å². The lowest BCUT2D eigenvalue weighted by atomic mass is 10.1. The maximum atomic E-state index is 5.63. The number of ether oxygens (including phenoxy) is 2. The SMILES string of the molecule is CCCCCCCCOCCNCCOCCCCCCCC. The number of nitrogens with one attached hydrogen (secondary N) is 1. The summed E-state index contributed by atoms with van der Waals surface area (Å²) in [5.74, 6) is 0. The third kappa shape index (κ3) is 21.9. The monoisotopic (exact) mass is 329 g/mol. The first-order chi connectivity index (χ1) is 11.4. The fourth-order valence-corrected chi connectivity index (χ4v) is 2.59. The molecule has 0 atom stereocenters. The molecule has 0 unspecified atom stereocenters. The highest BCUT2D eigenvalue weighted by atomic mass is 16.5. The van der Waals surface area contributed by atoms with Crippen LogP contribution in [0.15, 0.2) is 0 Å². The van der Waals surface area contributed by atoms with Crippen LogP contribution in [0.5, 0.6) is 0 Å². The third-order valence-electron chi connectivity index (χ3n) is 4.13. The summed E-state index contributed by atoms with van der Waals surface area (Å²) >= 11 is 0. The van der Waals surface area contributed by atoms with Gasteiger partial charge in [0.05, 0.1) is 13.2 Å². The fraction of sp³-hybridized carbons (Fsp3) is 1.00. The molecule has 0 rings (SSSR count). The fourth-order valence-electron chi connectivity index (χ4n) is 2.59. The van der Waals surface area contributed by atoms with Crippen molar-refractivity contribution < 1.29 is 9.47 Å². The van der Waals surface area contributed by atoms with Crippen molar-refractivity contribution in [3.63, 3.8) is 0 Å². The molecule has 0 heterocycles. The molecule has 0 radical (unpaired) electrons. The number of hydrogen-bond donors (Lipinski definition) is 1. The summed E-state index contributed by atoms with van der Waals surface area (Å²) in [6.45, 7) is 9.89. The van der Waals surface area contributed by atoms with E-state index in [2.05, 4.69) is 19.2 Å². The molecule has 0 spiro atoms. The van der Waals surface area contributed by atoms with Crippen LogP contribution in [0.3, 0.4) is 0 Å². The van der Waals surface area contributed by atoms with Crippen molar-refractivity contribution in [3.8, 4) is 0 Å². The summed E-state index contributed by atoms with van der Waals surface area (Å²) in [4.78, 5) is 0. The van der Waals surface area contributed by atoms with Gasteiger partial charge in [0.2, 0.25) is 0 Å². The lowest BCUT2D eigenvalue weighted by molar-refractivity contribution is 0.117. The predicted molar refractivity (Wildman–Crippen MR) is 101 cm³/mol. The van der Waals surface area contributed by atoms with Crippen molar-refractivity contribution in [1.29, 1.82) is 0 Å². The highest BCUT2D eigenvalue weighted by Gasteiger charge is 1.93. The zero-order valence-electron chi connectivity index (χ0n) is 16.0. The molecule has 0 saturated carbocycles. The van der Waals surface area contributed by atoms with Crippen molar-refractivity contribution in [1.82, 2.24) is 5.32 Å². The van der Waals surface area contributed by atoms with E-state index in [4.69, 9.17) is 9.47 Å². The smallest absolute Gasteiger partial charge is 0.0590 e. The normalized spacial score (nSPS) is 11.2. The second-order valence-electron chi connectivity index (χ2n) is 6.51. The predicted octanol–water partition coefficient (Wildman–Crippen LogP) is 5.33. The van der Waals surface area contributed by atoms with E-state index in [1.54, 1.807) is 0 Å². The van der Waals surface area contributed by atoms with Crippen molar-refractivity contribution in [2.45, 2.75) is 90.9 Å². The van der Waals surface area contributed by atoms with Gasteiger partial charge in [-0.2, -0.15) is 0 Å². The number of hydrogen-bond acceptors (Lipinski definition) is 3. The molecule has 23 heavy (non-hydrogen) atoms. The Labute approximate surface area is 145 Å². The van der Waals surface area contributed by atoms with E-state index in [0.29, 0.717) is 0 Å². The average Bonchev–Trinajstić information content (AvgIpc) is 2.57. The van der Waals surface area contributed by atoms with Crippen molar-refractivity contribution in [2.24, 2.45) is 0 Å². The van der Waals surface area contributed by atoms with E-state index >= 15 is 0 Å². The minimum absolute atomic E-state index is 0.826. The van der Waals surface area contributed by atoms with Crippen LogP contribution in [-0.4, -0.2) is 39.5 Å². The van der Waals surface area contributed by atoms with Crippen LogP contribution >= 0.6 is 0 Å². The molecule has 0 bridgehead atoms. The minimum atomic E-state index is 0.826. The molecule has 1 N–H and O–H groups in total. The van der Waals surface area contributed by atoms with E-state index in [0.717, 1.165) is 39.5 Å². The van der Waals surface area contributed by atoms with Gasteiger partial charge in [-0.3, -0.25) is 0 Å². The maximum Gasteiger partial charge on any atom is 0.0590 e. The van der Waals surface area contributed by atoms with Gasteiger partial charge in [0.1, 0.15) is 0 Å². The summed E-state index contributed by atoms with van der Waals surface area (Å²) in [7, 11) is 0. The van der Waals surface area contributed by atoms with Gasteiger partial charge in [-0.1, -0.05) is 78.1 Å². The second kappa shape index (κ2) is 21.9. The van der Waals surface area contributed by atoms with Crippen LogP contribution in [0.25, 0.3) is 0 Å². The molecule has 0 saturated heterocycles. The highest BCUT2D eigenvalue weighted by Crippen LogP contribution is 2.05. The van der Waals surface area contributed by atoms with Crippen molar-refractivity contribution in [2.75, 3.05) is 39.5 Å². The molecule has 0 fully saturated rings. The molecule has 0 aliphatic rings. The molecule has 0 aliphatic carbocycles. The van der Waals surface area contributed by atoms with Gasteiger partial charge in [0.15, 0.2) is 0 Å². The summed E-state index contributed by atoms with van der Waals surface area (Å²) < 4.78 is 11.3. The van der Waals surface area contributed by atoms with Crippen LogP contribution in [0.4, 0.5) is 0 Å². The summed E-state index contributed by atoms with van der Waals surface area (Å²) in [5, 5.41) is 3.37. The molecule has 0 aliphatic heterocycles. The van der Waals surface area contributed by atoms with Gasteiger partial charge in [-0.05, 0) is 12.8 Å². The average molecular weight is 330 g/mol. The molecule has 0 aromatic carbocycles. The zero-order valence-corrected chi connectivity index (χ0v) is 16.0. The highest BCUT2D eigenvalue weighted by molar-refractivity contribution is 4.48. The van der Waals surface area contributed by atoms with Gasteiger partial charge in [0, 0.05) is 26.3 Å². The van der Waals surface area contributed by atoms with Gasteiger partial charge < -0.3 is 14.8 Å².